The van der Waals surface area contributed by atoms with Crippen molar-refractivity contribution in [1.82, 2.24) is 0 Å². The number of benzene rings is 1. The predicted octanol–water partition coefficient (Wildman–Crippen LogP) is 3.57. The van der Waals surface area contributed by atoms with E-state index in [9.17, 15) is 9.18 Å². The third-order valence-electron chi connectivity index (χ3n) is 3.00. The van der Waals surface area contributed by atoms with Crippen LogP contribution in [0.25, 0.3) is 0 Å². The number of hydrogen-bond donors (Lipinski definition) is 0. The molecule has 1 aromatic rings. The lowest BCUT2D eigenvalue weighted by atomic mass is 10.1. The van der Waals surface area contributed by atoms with Crippen LogP contribution in [0.2, 0.25) is 5.02 Å². The molecule has 18 heavy (non-hydrogen) atoms. The summed E-state index contributed by atoms with van der Waals surface area (Å²) >= 11 is 11.0. The summed E-state index contributed by atoms with van der Waals surface area (Å²) in [5.74, 6) is -0.153. The van der Waals surface area contributed by atoms with Crippen LogP contribution in [0.4, 0.5) is 10.1 Å². The van der Waals surface area contributed by atoms with Gasteiger partial charge in [0.15, 0.2) is 0 Å². The zero-order valence-corrected chi connectivity index (χ0v) is 12.1. The van der Waals surface area contributed by atoms with Gasteiger partial charge in [0.1, 0.15) is 5.82 Å². The maximum absolute atomic E-state index is 13.3. The highest BCUT2D eigenvalue weighted by molar-refractivity contribution is 7.59. The van der Waals surface area contributed by atoms with Crippen molar-refractivity contribution in [2.24, 2.45) is 5.92 Å². The molecular formula is C12H14Cl2FNOS. The molecule has 1 saturated heterocycles. The van der Waals surface area contributed by atoms with E-state index in [1.165, 1.54) is 6.07 Å². The van der Waals surface area contributed by atoms with E-state index >= 15 is 0 Å². The molecule has 0 amide bonds. The normalized spacial score (nSPS) is 18.6. The number of hydrogen-bond acceptors (Lipinski definition) is 2. The van der Waals surface area contributed by atoms with Crippen LogP contribution in [0.3, 0.4) is 0 Å². The number of rotatable bonds is 3. The summed E-state index contributed by atoms with van der Waals surface area (Å²) in [5.41, 5.74) is 0.802. The van der Waals surface area contributed by atoms with Crippen molar-refractivity contribution in [2.75, 3.05) is 18.0 Å². The fourth-order valence-corrected chi connectivity index (χ4v) is 2.48. The molecule has 0 bridgehead atoms. The summed E-state index contributed by atoms with van der Waals surface area (Å²) in [4.78, 5) is 12.9. The topological polar surface area (TPSA) is 20.3 Å². The number of nitrogens with zero attached hydrogens (tertiary/aromatic N) is 1. The van der Waals surface area contributed by atoms with Crippen LogP contribution in [-0.4, -0.2) is 18.3 Å². The van der Waals surface area contributed by atoms with E-state index in [0.29, 0.717) is 6.42 Å². The minimum atomic E-state index is -0.416. The van der Waals surface area contributed by atoms with E-state index in [-0.39, 0.29) is 29.7 Å². The predicted molar refractivity (Wildman–Crippen MR) is 77.6 cm³/mol. The Morgan fingerprint density at radius 3 is 2.83 bits per heavy atom. The van der Waals surface area contributed by atoms with Gasteiger partial charge >= 0.3 is 0 Å². The minimum Gasteiger partial charge on any atom is -0.371 e. The first-order chi connectivity index (χ1) is 8.06. The van der Waals surface area contributed by atoms with Crippen molar-refractivity contribution in [3.8, 4) is 0 Å². The Morgan fingerprint density at radius 2 is 2.22 bits per heavy atom. The Hall–Kier alpha value is -0.450. The highest BCUT2D eigenvalue weighted by Crippen LogP contribution is 2.28. The van der Waals surface area contributed by atoms with Crippen LogP contribution in [0.5, 0.6) is 0 Å². The fraction of sp³-hybridized carbons (Fsp3) is 0.417. The van der Waals surface area contributed by atoms with Gasteiger partial charge in [0.05, 0.1) is 5.02 Å². The maximum atomic E-state index is 13.3. The van der Waals surface area contributed by atoms with Gasteiger partial charge in [-0.15, -0.1) is 0 Å². The average molecular weight is 310 g/mol. The van der Waals surface area contributed by atoms with Gasteiger partial charge in [-0.3, -0.25) is 4.79 Å². The molecule has 2 nitrogen and oxygen atoms in total. The highest BCUT2D eigenvalue weighted by Gasteiger charge is 2.24. The van der Waals surface area contributed by atoms with Gasteiger partial charge in [-0.1, -0.05) is 11.6 Å². The average Bonchev–Trinajstić information content (AvgIpc) is 2.69. The molecule has 0 aliphatic carbocycles. The summed E-state index contributed by atoms with van der Waals surface area (Å²) in [6.45, 7) is 1.55. The SMILES string of the molecule is O=C(Cl)C[C@@H]1CCN(c2ccc(Cl)c(F)c2)C1.S. The van der Waals surface area contributed by atoms with E-state index in [1.807, 2.05) is 4.90 Å². The van der Waals surface area contributed by atoms with Crippen molar-refractivity contribution in [1.29, 1.82) is 0 Å². The Labute approximate surface area is 123 Å². The maximum Gasteiger partial charge on any atom is 0.221 e. The first kappa shape index (κ1) is 15.6. The summed E-state index contributed by atoms with van der Waals surface area (Å²) in [5, 5.41) is -0.181. The molecule has 100 valence electrons. The molecule has 0 saturated carbocycles. The van der Waals surface area contributed by atoms with Crippen molar-refractivity contribution in [3.63, 3.8) is 0 Å². The van der Waals surface area contributed by atoms with Gasteiger partial charge in [0.2, 0.25) is 5.24 Å². The third-order valence-corrected chi connectivity index (χ3v) is 3.46. The minimum absolute atomic E-state index is 0. The lowest BCUT2D eigenvalue weighted by Gasteiger charge is -2.18. The fourth-order valence-electron chi connectivity index (χ4n) is 2.14. The Kier molecular flexibility index (Phi) is 5.76. The molecule has 1 atom stereocenters. The van der Waals surface area contributed by atoms with E-state index in [1.54, 1.807) is 12.1 Å². The zero-order chi connectivity index (χ0) is 12.4. The first-order valence-electron chi connectivity index (χ1n) is 5.44. The Bertz CT molecular complexity index is 444. The Morgan fingerprint density at radius 1 is 1.50 bits per heavy atom. The number of anilines is 1. The second-order valence-electron chi connectivity index (χ2n) is 4.26. The van der Waals surface area contributed by atoms with Crippen LogP contribution in [0, 0.1) is 11.7 Å². The molecule has 0 radical (unpaired) electrons. The molecule has 1 aliphatic heterocycles. The van der Waals surface area contributed by atoms with Crippen LogP contribution >= 0.6 is 36.7 Å². The quantitative estimate of drug-likeness (QED) is 0.796. The van der Waals surface area contributed by atoms with E-state index in [0.717, 1.165) is 25.2 Å². The Balaban J connectivity index is 0.00000162. The van der Waals surface area contributed by atoms with Crippen LogP contribution in [-0.2, 0) is 4.79 Å². The molecular weight excluding hydrogens is 296 g/mol. The third kappa shape index (κ3) is 3.77. The first-order valence-corrected chi connectivity index (χ1v) is 6.20. The standard InChI is InChI=1S/C12H12Cl2FNO.H2S/c13-10-2-1-9(6-11(10)15)16-4-3-8(7-16)5-12(14)17;/h1-2,6,8H,3-5,7H2;1H2/t8-;/m0./s1. The highest BCUT2D eigenvalue weighted by atomic mass is 35.5. The molecule has 0 aromatic heterocycles. The van der Waals surface area contributed by atoms with Crippen LogP contribution in [0.1, 0.15) is 12.8 Å². The molecule has 2 rings (SSSR count). The van der Waals surface area contributed by atoms with Gasteiger partial charge in [0.25, 0.3) is 0 Å². The summed E-state index contributed by atoms with van der Waals surface area (Å²) in [7, 11) is 0. The lowest BCUT2D eigenvalue weighted by Crippen LogP contribution is -2.20. The number of halogens is 3. The van der Waals surface area contributed by atoms with Crippen molar-refractivity contribution >= 4 is 47.6 Å². The molecule has 0 unspecified atom stereocenters. The van der Waals surface area contributed by atoms with E-state index in [2.05, 4.69) is 0 Å². The second-order valence-corrected chi connectivity index (χ2v) is 5.09. The number of carbonyl (C=O) groups excluding carboxylic acids is 1. The number of carbonyl (C=O) groups is 1. The van der Waals surface area contributed by atoms with Gasteiger partial charge in [-0.05, 0) is 42.1 Å². The molecule has 1 aromatic carbocycles. The monoisotopic (exact) mass is 309 g/mol. The van der Waals surface area contributed by atoms with Crippen molar-refractivity contribution in [3.05, 3.63) is 29.0 Å². The van der Waals surface area contributed by atoms with Gasteiger partial charge in [0, 0.05) is 25.2 Å². The van der Waals surface area contributed by atoms with Crippen molar-refractivity contribution in [2.45, 2.75) is 12.8 Å². The summed E-state index contributed by atoms with van der Waals surface area (Å²) in [6, 6.07) is 4.76. The molecule has 1 aliphatic rings. The van der Waals surface area contributed by atoms with E-state index in [4.69, 9.17) is 23.2 Å². The largest absolute Gasteiger partial charge is 0.371 e. The molecule has 1 fully saturated rings. The smallest absolute Gasteiger partial charge is 0.221 e. The van der Waals surface area contributed by atoms with Gasteiger partial charge in [-0.2, -0.15) is 13.5 Å². The van der Waals surface area contributed by atoms with Gasteiger partial charge in [-0.25, -0.2) is 4.39 Å². The van der Waals surface area contributed by atoms with E-state index < -0.39 is 5.82 Å². The summed E-state index contributed by atoms with van der Waals surface area (Å²) < 4.78 is 13.3. The van der Waals surface area contributed by atoms with Crippen LogP contribution < -0.4 is 4.90 Å². The zero-order valence-electron chi connectivity index (χ0n) is 9.63. The lowest BCUT2D eigenvalue weighted by molar-refractivity contribution is -0.112. The van der Waals surface area contributed by atoms with Crippen molar-refractivity contribution < 1.29 is 9.18 Å². The summed E-state index contributed by atoms with van der Waals surface area (Å²) in [6.07, 6.45) is 1.29. The van der Waals surface area contributed by atoms with Crippen LogP contribution in [0.15, 0.2) is 18.2 Å². The second kappa shape index (κ2) is 6.64. The molecule has 0 spiro atoms. The molecule has 1 heterocycles. The van der Waals surface area contributed by atoms with Gasteiger partial charge < -0.3 is 4.90 Å². The molecule has 0 N–H and O–H groups in total. The molecule has 6 heteroatoms.